The standard InChI is InChI=1S/C7H13N3/c1-9-6(2-4-8)7-3-5-10-7/h6-7,9-10H,2-3,5H2,1H3/p+1. The fourth-order valence-electron chi connectivity index (χ4n) is 1.29. The van der Waals surface area contributed by atoms with E-state index in [1.807, 2.05) is 7.05 Å². The SMILES string of the molecule is CNC(CC#N)C1CC[NH2+]1. The molecule has 3 heteroatoms. The second-order valence-electron chi connectivity index (χ2n) is 2.73. The quantitative estimate of drug-likeness (QED) is 0.518. The highest BCUT2D eigenvalue weighted by Crippen LogP contribution is 2.01. The number of hydrogen-bond acceptors (Lipinski definition) is 2. The highest BCUT2D eigenvalue weighted by Gasteiger charge is 2.29. The molecule has 10 heavy (non-hydrogen) atoms. The number of nitriles is 1. The number of likely N-dealkylation sites (N-methyl/N-ethyl adjacent to an activating group) is 1. The number of nitrogens with zero attached hydrogens (tertiary/aromatic N) is 1. The molecular weight excluding hydrogens is 126 g/mol. The van der Waals surface area contributed by atoms with Gasteiger partial charge in [-0.15, -0.1) is 0 Å². The Balaban J connectivity index is 2.26. The first-order valence-corrected chi connectivity index (χ1v) is 3.76. The lowest BCUT2D eigenvalue weighted by Gasteiger charge is -2.29. The van der Waals surface area contributed by atoms with Gasteiger partial charge in [0.25, 0.3) is 0 Å². The number of nitrogens with one attached hydrogen (secondary N) is 1. The Morgan fingerprint density at radius 1 is 1.90 bits per heavy atom. The molecule has 2 unspecified atom stereocenters. The second kappa shape index (κ2) is 3.55. The number of hydrogen-bond donors (Lipinski definition) is 2. The van der Waals surface area contributed by atoms with Crippen LogP contribution in [0.3, 0.4) is 0 Å². The first kappa shape index (κ1) is 7.52. The van der Waals surface area contributed by atoms with E-state index in [9.17, 15) is 0 Å². The number of quaternary nitrogens is 1. The Morgan fingerprint density at radius 3 is 2.90 bits per heavy atom. The van der Waals surface area contributed by atoms with Gasteiger partial charge in [-0.1, -0.05) is 0 Å². The van der Waals surface area contributed by atoms with Gasteiger partial charge in [-0.2, -0.15) is 5.26 Å². The monoisotopic (exact) mass is 140 g/mol. The minimum atomic E-state index is 0.402. The summed E-state index contributed by atoms with van der Waals surface area (Å²) < 4.78 is 0. The number of nitrogens with two attached hydrogens (primary N) is 1. The zero-order valence-electron chi connectivity index (χ0n) is 6.30. The molecule has 0 amide bonds. The Kier molecular flexibility index (Phi) is 2.67. The molecular formula is C7H14N3+. The van der Waals surface area contributed by atoms with E-state index < -0.39 is 0 Å². The molecule has 0 aromatic rings. The topological polar surface area (TPSA) is 52.4 Å². The Labute approximate surface area is 61.4 Å². The molecule has 3 N–H and O–H groups in total. The van der Waals surface area contributed by atoms with E-state index in [4.69, 9.17) is 5.26 Å². The van der Waals surface area contributed by atoms with Gasteiger partial charge in [0, 0.05) is 0 Å². The van der Waals surface area contributed by atoms with E-state index in [0.717, 1.165) is 0 Å². The van der Waals surface area contributed by atoms with Gasteiger partial charge in [0.05, 0.1) is 31.5 Å². The maximum Gasteiger partial charge on any atom is 0.108 e. The van der Waals surface area contributed by atoms with Crippen LogP contribution in [-0.2, 0) is 0 Å². The lowest BCUT2D eigenvalue weighted by molar-refractivity contribution is -0.745. The normalized spacial score (nSPS) is 26.6. The third kappa shape index (κ3) is 1.47. The average Bonchev–Trinajstić information content (AvgIpc) is 1.83. The smallest absolute Gasteiger partial charge is 0.108 e. The zero-order chi connectivity index (χ0) is 7.40. The molecule has 1 saturated heterocycles. The summed E-state index contributed by atoms with van der Waals surface area (Å²) in [5.41, 5.74) is 0. The summed E-state index contributed by atoms with van der Waals surface area (Å²) in [5, 5.41) is 13.9. The second-order valence-corrected chi connectivity index (χ2v) is 2.73. The summed E-state index contributed by atoms with van der Waals surface area (Å²) in [6.07, 6.45) is 1.89. The molecule has 0 spiro atoms. The summed E-state index contributed by atoms with van der Waals surface area (Å²) in [4.78, 5) is 0. The molecule has 1 aliphatic heterocycles. The summed E-state index contributed by atoms with van der Waals surface area (Å²) in [6, 6.07) is 3.24. The minimum Gasteiger partial charge on any atom is -0.342 e. The van der Waals surface area contributed by atoms with Crippen molar-refractivity contribution in [3.05, 3.63) is 0 Å². The summed E-state index contributed by atoms with van der Waals surface area (Å²) in [6.45, 7) is 1.23. The molecule has 0 saturated carbocycles. The summed E-state index contributed by atoms with van der Waals surface area (Å²) >= 11 is 0. The van der Waals surface area contributed by atoms with Crippen LogP contribution in [0.5, 0.6) is 0 Å². The van der Waals surface area contributed by atoms with E-state index in [1.54, 1.807) is 0 Å². The molecule has 0 aromatic heterocycles. The van der Waals surface area contributed by atoms with E-state index in [2.05, 4.69) is 16.7 Å². The molecule has 1 aliphatic rings. The predicted octanol–water partition coefficient (Wildman–Crippen LogP) is -1.18. The summed E-state index contributed by atoms with van der Waals surface area (Å²) in [7, 11) is 1.92. The Hall–Kier alpha value is -0.590. The van der Waals surface area contributed by atoms with E-state index in [-0.39, 0.29) is 0 Å². The largest absolute Gasteiger partial charge is 0.342 e. The Bertz CT molecular complexity index is 134. The Morgan fingerprint density at radius 2 is 2.60 bits per heavy atom. The highest BCUT2D eigenvalue weighted by molar-refractivity contribution is 4.86. The van der Waals surface area contributed by atoms with Gasteiger partial charge in [0.2, 0.25) is 0 Å². The number of rotatable bonds is 3. The van der Waals surface area contributed by atoms with Gasteiger partial charge in [0.15, 0.2) is 0 Å². The van der Waals surface area contributed by atoms with Crippen LogP contribution in [0.4, 0.5) is 0 Å². The van der Waals surface area contributed by atoms with Crippen molar-refractivity contribution >= 4 is 0 Å². The van der Waals surface area contributed by atoms with Gasteiger partial charge >= 0.3 is 0 Å². The van der Waals surface area contributed by atoms with Crippen LogP contribution in [0, 0.1) is 11.3 Å². The van der Waals surface area contributed by atoms with Crippen LogP contribution in [0.25, 0.3) is 0 Å². The van der Waals surface area contributed by atoms with Crippen LogP contribution < -0.4 is 10.6 Å². The molecule has 2 atom stereocenters. The third-order valence-electron chi connectivity index (χ3n) is 2.17. The van der Waals surface area contributed by atoms with Crippen molar-refractivity contribution in [2.45, 2.75) is 24.9 Å². The van der Waals surface area contributed by atoms with E-state index >= 15 is 0 Å². The van der Waals surface area contributed by atoms with Crippen molar-refractivity contribution in [2.24, 2.45) is 0 Å². The van der Waals surface area contributed by atoms with Gasteiger partial charge < -0.3 is 10.6 Å². The average molecular weight is 140 g/mol. The zero-order valence-corrected chi connectivity index (χ0v) is 6.30. The maximum absolute atomic E-state index is 8.43. The van der Waals surface area contributed by atoms with Crippen LogP contribution in [-0.4, -0.2) is 25.7 Å². The van der Waals surface area contributed by atoms with Crippen LogP contribution >= 0.6 is 0 Å². The summed E-state index contributed by atoms with van der Waals surface area (Å²) in [5.74, 6) is 0. The molecule has 1 fully saturated rings. The van der Waals surface area contributed by atoms with Gasteiger partial charge in [0.1, 0.15) is 6.04 Å². The first-order chi connectivity index (χ1) is 4.88. The van der Waals surface area contributed by atoms with Crippen LogP contribution in [0.2, 0.25) is 0 Å². The lowest BCUT2D eigenvalue weighted by Crippen LogP contribution is -3.01. The van der Waals surface area contributed by atoms with Crippen molar-refractivity contribution in [3.63, 3.8) is 0 Å². The minimum absolute atomic E-state index is 0.402. The van der Waals surface area contributed by atoms with Crippen molar-refractivity contribution in [1.82, 2.24) is 5.32 Å². The first-order valence-electron chi connectivity index (χ1n) is 3.76. The lowest BCUT2D eigenvalue weighted by atomic mass is 9.97. The highest BCUT2D eigenvalue weighted by atomic mass is 15.1. The van der Waals surface area contributed by atoms with Gasteiger partial charge in [-0.3, -0.25) is 0 Å². The molecule has 0 bridgehead atoms. The fraction of sp³-hybridized carbons (Fsp3) is 0.857. The predicted molar refractivity (Wildman–Crippen MR) is 38.3 cm³/mol. The molecule has 56 valence electrons. The molecule has 0 aliphatic carbocycles. The van der Waals surface area contributed by atoms with Crippen LogP contribution in [0.15, 0.2) is 0 Å². The fourth-order valence-corrected chi connectivity index (χ4v) is 1.29. The van der Waals surface area contributed by atoms with Crippen molar-refractivity contribution in [1.29, 1.82) is 5.26 Å². The third-order valence-corrected chi connectivity index (χ3v) is 2.17. The molecule has 0 aromatic carbocycles. The van der Waals surface area contributed by atoms with E-state index in [0.29, 0.717) is 18.5 Å². The molecule has 1 rings (SSSR count). The maximum atomic E-state index is 8.43. The van der Waals surface area contributed by atoms with Crippen molar-refractivity contribution in [2.75, 3.05) is 13.6 Å². The molecule has 1 heterocycles. The van der Waals surface area contributed by atoms with Crippen LogP contribution in [0.1, 0.15) is 12.8 Å². The van der Waals surface area contributed by atoms with Gasteiger partial charge in [-0.25, -0.2) is 0 Å². The van der Waals surface area contributed by atoms with Crippen molar-refractivity contribution < 1.29 is 5.32 Å². The molecule has 3 nitrogen and oxygen atoms in total. The van der Waals surface area contributed by atoms with E-state index in [1.165, 1.54) is 13.0 Å². The van der Waals surface area contributed by atoms with Crippen molar-refractivity contribution in [3.8, 4) is 6.07 Å². The molecule has 0 radical (unpaired) electrons. The van der Waals surface area contributed by atoms with Gasteiger partial charge in [-0.05, 0) is 7.05 Å².